The number of hydrogen-bond acceptors (Lipinski definition) is 4. The highest BCUT2D eigenvalue weighted by Crippen LogP contribution is 2.43. The topological polar surface area (TPSA) is 58.5 Å². The first-order valence-electron chi connectivity index (χ1n) is 12.5. The van der Waals surface area contributed by atoms with Gasteiger partial charge in [-0.05, 0) is 46.2 Å². The van der Waals surface area contributed by atoms with E-state index < -0.39 is 0 Å². The maximum absolute atomic E-state index is 13.8. The molecule has 0 radical (unpaired) electrons. The van der Waals surface area contributed by atoms with Crippen LogP contribution < -0.4 is 5.32 Å². The average Bonchev–Trinajstić information content (AvgIpc) is 3.15. The van der Waals surface area contributed by atoms with Crippen LogP contribution in [-0.4, -0.2) is 17.3 Å². The predicted molar refractivity (Wildman–Crippen MR) is 155 cm³/mol. The Morgan fingerprint density at radius 1 is 0.711 bits per heavy atom. The molecule has 0 saturated carbocycles. The SMILES string of the molecule is O=C1c2ccccc2C(=O)c2c1ccc1c2N=C(c2ccc(Br)cc2)C[C@H](c2cccc3ccccc23)N1. The summed E-state index contributed by atoms with van der Waals surface area (Å²) in [5.74, 6) is -0.315. The first-order chi connectivity index (χ1) is 18.6. The van der Waals surface area contributed by atoms with E-state index in [1.165, 1.54) is 10.8 Å². The zero-order valence-electron chi connectivity index (χ0n) is 20.2. The summed E-state index contributed by atoms with van der Waals surface area (Å²) in [7, 11) is 0. The van der Waals surface area contributed by atoms with Crippen LogP contribution in [0.5, 0.6) is 0 Å². The number of benzene rings is 5. The van der Waals surface area contributed by atoms with Crippen molar-refractivity contribution >= 4 is 55.4 Å². The minimum atomic E-state index is -0.170. The summed E-state index contributed by atoms with van der Waals surface area (Å²) in [6.07, 6.45) is 0.609. The van der Waals surface area contributed by atoms with E-state index in [2.05, 4.69) is 57.6 Å². The van der Waals surface area contributed by atoms with Gasteiger partial charge < -0.3 is 5.32 Å². The monoisotopic (exact) mass is 556 g/mol. The molecule has 1 heterocycles. The number of carbonyl (C=O) groups is 2. The lowest BCUT2D eigenvalue weighted by Gasteiger charge is -2.23. The summed E-state index contributed by atoms with van der Waals surface area (Å²) in [5.41, 5.74) is 5.89. The summed E-state index contributed by atoms with van der Waals surface area (Å²) in [4.78, 5) is 32.3. The molecule has 0 amide bonds. The molecule has 0 fully saturated rings. The van der Waals surface area contributed by atoms with Crippen molar-refractivity contribution in [3.8, 4) is 0 Å². The van der Waals surface area contributed by atoms with Crippen LogP contribution in [0.2, 0.25) is 0 Å². The first kappa shape index (κ1) is 22.8. The van der Waals surface area contributed by atoms with E-state index in [0.29, 0.717) is 34.4 Å². The molecular formula is C33H21BrN2O2. The molecule has 1 aliphatic carbocycles. The molecule has 0 unspecified atom stereocenters. The van der Waals surface area contributed by atoms with Crippen LogP contribution >= 0.6 is 15.9 Å². The number of aliphatic imine (C=N–C) groups is 1. The van der Waals surface area contributed by atoms with Crippen LogP contribution in [0.25, 0.3) is 10.8 Å². The van der Waals surface area contributed by atoms with E-state index in [4.69, 9.17) is 4.99 Å². The number of carbonyl (C=O) groups excluding carboxylic acids is 2. The number of anilines is 1. The average molecular weight is 557 g/mol. The maximum atomic E-state index is 13.8. The summed E-state index contributed by atoms with van der Waals surface area (Å²) in [6.45, 7) is 0. The standard InChI is InChI=1S/C33H21BrN2O2/c34-21-14-12-20(13-15-21)28-18-29(23-11-5-7-19-6-1-2-8-22(19)23)35-27-17-16-26-30(31(27)36-28)33(38)25-10-4-3-9-24(25)32(26)37/h1-17,29,35H,18H2/t29-/m1/s1. The number of nitrogens with one attached hydrogen (secondary N) is 1. The van der Waals surface area contributed by atoms with Crippen LogP contribution in [0.4, 0.5) is 11.4 Å². The molecule has 0 spiro atoms. The van der Waals surface area contributed by atoms with Crippen molar-refractivity contribution < 1.29 is 9.59 Å². The molecule has 4 nitrogen and oxygen atoms in total. The quantitative estimate of drug-likeness (QED) is 0.234. The van der Waals surface area contributed by atoms with Crippen LogP contribution in [0, 0.1) is 0 Å². The Balaban J connectivity index is 1.46. The molecule has 5 aromatic carbocycles. The van der Waals surface area contributed by atoms with E-state index in [9.17, 15) is 9.59 Å². The second kappa shape index (κ2) is 8.89. The van der Waals surface area contributed by atoms with Crippen molar-refractivity contribution in [3.05, 3.63) is 141 Å². The van der Waals surface area contributed by atoms with Gasteiger partial charge in [-0.25, -0.2) is 4.99 Å². The van der Waals surface area contributed by atoms with E-state index in [0.717, 1.165) is 27.0 Å². The van der Waals surface area contributed by atoms with Crippen molar-refractivity contribution in [1.29, 1.82) is 0 Å². The molecule has 2 aliphatic rings. The Bertz CT molecular complexity index is 1820. The van der Waals surface area contributed by atoms with Gasteiger partial charge in [0, 0.05) is 27.6 Å². The third kappa shape index (κ3) is 3.62. The summed E-state index contributed by atoms with van der Waals surface area (Å²) in [6, 6.07) is 33.3. The lowest BCUT2D eigenvalue weighted by Crippen LogP contribution is -2.21. The number of hydrogen-bond donors (Lipinski definition) is 1. The van der Waals surface area contributed by atoms with Crippen LogP contribution in [0.15, 0.2) is 113 Å². The summed E-state index contributed by atoms with van der Waals surface area (Å²) < 4.78 is 0.981. The Hall–Kier alpha value is -4.35. The molecule has 7 rings (SSSR count). The van der Waals surface area contributed by atoms with Gasteiger partial charge in [0.15, 0.2) is 11.6 Å². The summed E-state index contributed by atoms with van der Waals surface area (Å²) in [5, 5.41) is 6.04. The molecule has 5 aromatic rings. The molecule has 38 heavy (non-hydrogen) atoms. The molecule has 1 N–H and O–H groups in total. The fourth-order valence-corrected chi connectivity index (χ4v) is 5.85. The van der Waals surface area contributed by atoms with Crippen molar-refractivity contribution in [2.75, 3.05) is 5.32 Å². The minimum Gasteiger partial charge on any atom is -0.376 e. The number of halogens is 1. The summed E-state index contributed by atoms with van der Waals surface area (Å²) >= 11 is 3.53. The normalized spacial score (nSPS) is 16.1. The fourth-order valence-electron chi connectivity index (χ4n) is 5.58. The van der Waals surface area contributed by atoms with Crippen LogP contribution in [0.1, 0.15) is 55.4 Å². The zero-order valence-corrected chi connectivity index (χ0v) is 21.8. The lowest BCUT2D eigenvalue weighted by molar-refractivity contribution is 0.0979. The van der Waals surface area contributed by atoms with Crippen molar-refractivity contribution in [3.63, 3.8) is 0 Å². The second-order valence-corrected chi connectivity index (χ2v) is 10.5. The van der Waals surface area contributed by atoms with Gasteiger partial charge in [0.05, 0.1) is 28.7 Å². The molecule has 0 aromatic heterocycles. The number of fused-ring (bicyclic) bond motifs is 5. The third-order valence-corrected chi connectivity index (χ3v) is 7.94. The largest absolute Gasteiger partial charge is 0.376 e. The second-order valence-electron chi connectivity index (χ2n) is 9.62. The Labute approximate surface area is 228 Å². The van der Waals surface area contributed by atoms with Crippen LogP contribution in [-0.2, 0) is 0 Å². The van der Waals surface area contributed by atoms with Crippen LogP contribution in [0.3, 0.4) is 0 Å². The third-order valence-electron chi connectivity index (χ3n) is 7.42. The highest BCUT2D eigenvalue weighted by molar-refractivity contribution is 9.10. The van der Waals surface area contributed by atoms with E-state index in [1.807, 2.05) is 36.4 Å². The van der Waals surface area contributed by atoms with E-state index >= 15 is 0 Å². The lowest BCUT2D eigenvalue weighted by atomic mass is 9.83. The molecule has 0 saturated heterocycles. The van der Waals surface area contributed by atoms with Crippen molar-refractivity contribution in [2.24, 2.45) is 4.99 Å². The van der Waals surface area contributed by atoms with E-state index in [-0.39, 0.29) is 17.6 Å². The van der Waals surface area contributed by atoms with Gasteiger partial charge in [0.2, 0.25) is 0 Å². The number of nitrogens with zero attached hydrogens (tertiary/aromatic N) is 1. The van der Waals surface area contributed by atoms with Gasteiger partial charge in [0.25, 0.3) is 0 Å². The highest BCUT2D eigenvalue weighted by Gasteiger charge is 2.34. The molecule has 0 bridgehead atoms. The zero-order chi connectivity index (χ0) is 25.8. The van der Waals surface area contributed by atoms with Gasteiger partial charge in [-0.3, -0.25) is 9.59 Å². The number of ketones is 2. The Kier molecular flexibility index (Phi) is 5.34. The number of rotatable bonds is 2. The van der Waals surface area contributed by atoms with Gasteiger partial charge in [-0.2, -0.15) is 0 Å². The molecular weight excluding hydrogens is 536 g/mol. The fraction of sp³-hybridized carbons (Fsp3) is 0.0606. The molecule has 5 heteroatoms. The first-order valence-corrected chi connectivity index (χ1v) is 13.3. The van der Waals surface area contributed by atoms with E-state index in [1.54, 1.807) is 30.3 Å². The van der Waals surface area contributed by atoms with Crippen molar-refractivity contribution in [2.45, 2.75) is 12.5 Å². The maximum Gasteiger partial charge on any atom is 0.196 e. The van der Waals surface area contributed by atoms with Gasteiger partial charge in [-0.15, -0.1) is 0 Å². The Morgan fingerprint density at radius 2 is 1.42 bits per heavy atom. The van der Waals surface area contributed by atoms with Crippen molar-refractivity contribution in [1.82, 2.24) is 0 Å². The molecule has 182 valence electrons. The van der Waals surface area contributed by atoms with Gasteiger partial charge >= 0.3 is 0 Å². The highest BCUT2D eigenvalue weighted by atomic mass is 79.9. The van der Waals surface area contributed by atoms with Gasteiger partial charge in [-0.1, -0.05) is 94.8 Å². The molecule has 1 aliphatic heterocycles. The smallest absolute Gasteiger partial charge is 0.196 e. The van der Waals surface area contributed by atoms with Gasteiger partial charge in [0.1, 0.15) is 0 Å². The minimum absolute atomic E-state index is 0.0931. The molecule has 1 atom stereocenters. The Morgan fingerprint density at radius 3 is 2.24 bits per heavy atom. The predicted octanol–water partition coefficient (Wildman–Crippen LogP) is 8.06.